The highest BCUT2D eigenvalue weighted by molar-refractivity contribution is 9.10. The Balaban J connectivity index is 2.44. The third kappa shape index (κ3) is 3.05. The summed E-state index contributed by atoms with van der Waals surface area (Å²) in [5, 5.41) is 11.9. The van der Waals surface area contributed by atoms with Gasteiger partial charge in [0.1, 0.15) is 22.9 Å². The summed E-state index contributed by atoms with van der Waals surface area (Å²) < 4.78 is 19.0. The van der Waals surface area contributed by atoms with Crippen molar-refractivity contribution < 1.29 is 19.0 Å². The minimum atomic E-state index is -1.27. The molecule has 1 aromatic carbocycles. The Morgan fingerprint density at radius 3 is 2.85 bits per heavy atom. The molecular weight excluding hydrogens is 331 g/mol. The molecular formula is C13H10BrFN2O3. The highest BCUT2D eigenvalue weighted by Crippen LogP contribution is 2.31. The van der Waals surface area contributed by atoms with Gasteiger partial charge in [0.2, 0.25) is 0 Å². The first-order chi connectivity index (χ1) is 9.51. The van der Waals surface area contributed by atoms with Crippen LogP contribution in [0.4, 0.5) is 15.9 Å². The van der Waals surface area contributed by atoms with Gasteiger partial charge in [-0.3, -0.25) is 0 Å². The minimum absolute atomic E-state index is 0.0373. The maximum absolute atomic E-state index is 13.1. The van der Waals surface area contributed by atoms with Crippen LogP contribution in [-0.4, -0.2) is 23.2 Å². The van der Waals surface area contributed by atoms with E-state index < -0.39 is 11.8 Å². The maximum Gasteiger partial charge on any atom is 0.339 e. The second kappa shape index (κ2) is 5.87. The molecule has 1 aromatic heterocycles. The summed E-state index contributed by atoms with van der Waals surface area (Å²) in [6.45, 7) is 0. The summed E-state index contributed by atoms with van der Waals surface area (Å²) >= 11 is 3.31. The summed E-state index contributed by atoms with van der Waals surface area (Å²) in [5.41, 5.74) is 0.260. The predicted octanol–water partition coefficient (Wildman–Crippen LogP) is 3.43. The number of nitrogens with zero attached hydrogens (tertiary/aromatic N) is 1. The van der Waals surface area contributed by atoms with Crippen LogP contribution in [0.2, 0.25) is 0 Å². The molecule has 5 nitrogen and oxygen atoms in total. The van der Waals surface area contributed by atoms with E-state index in [0.717, 1.165) is 16.7 Å². The smallest absolute Gasteiger partial charge is 0.339 e. The van der Waals surface area contributed by atoms with Crippen LogP contribution >= 0.6 is 15.9 Å². The van der Waals surface area contributed by atoms with E-state index in [1.807, 2.05) is 0 Å². The Morgan fingerprint density at radius 2 is 2.20 bits per heavy atom. The van der Waals surface area contributed by atoms with E-state index >= 15 is 0 Å². The van der Waals surface area contributed by atoms with Crippen LogP contribution in [-0.2, 0) is 0 Å². The van der Waals surface area contributed by atoms with Crippen molar-refractivity contribution in [3.63, 3.8) is 0 Å². The molecule has 0 saturated heterocycles. The van der Waals surface area contributed by atoms with Gasteiger partial charge in [0.25, 0.3) is 0 Å². The van der Waals surface area contributed by atoms with Crippen molar-refractivity contribution in [3.05, 3.63) is 46.3 Å². The third-order valence-electron chi connectivity index (χ3n) is 2.50. The standard InChI is InChI=1S/C13H10BrFN2O3/c1-20-11-3-2-7(14)4-10(11)17-12-9(13(18)19)5-8(15)6-16-12/h2-6H,1H3,(H,16,17)(H,18,19). The lowest BCUT2D eigenvalue weighted by atomic mass is 10.2. The molecule has 0 aliphatic carbocycles. The molecule has 0 amide bonds. The number of methoxy groups -OCH3 is 1. The van der Waals surface area contributed by atoms with Crippen LogP contribution in [0, 0.1) is 5.82 Å². The molecule has 0 saturated carbocycles. The zero-order valence-corrected chi connectivity index (χ0v) is 11.9. The van der Waals surface area contributed by atoms with Crippen molar-refractivity contribution in [2.24, 2.45) is 0 Å². The topological polar surface area (TPSA) is 71.5 Å². The van der Waals surface area contributed by atoms with Crippen LogP contribution in [0.5, 0.6) is 5.75 Å². The summed E-state index contributed by atoms with van der Waals surface area (Å²) in [7, 11) is 1.49. The Hall–Kier alpha value is -2.15. The number of nitrogens with one attached hydrogen (secondary N) is 1. The number of rotatable bonds is 4. The number of benzene rings is 1. The van der Waals surface area contributed by atoms with E-state index in [1.165, 1.54) is 7.11 Å². The number of carbonyl (C=O) groups is 1. The number of hydrogen-bond acceptors (Lipinski definition) is 4. The van der Waals surface area contributed by atoms with Crippen molar-refractivity contribution in [2.75, 3.05) is 12.4 Å². The van der Waals surface area contributed by atoms with Crippen molar-refractivity contribution in [2.45, 2.75) is 0 Å². The first-order valence-corrected chi connectivity index (χ1v) is 6.30. The second-order valence-corrected chi connectivity index (χ2v) is 4.74. The molecule has 0 aliphatic heterocycles. The van der Waals surface area contributed by atoms with E-state index in [2.05, 4.69) is 26.2 Å². The van der Waals surface area contributed by atoms with Crippen molar-refractivity contribution in [1.29, 1.82) is 0 Å². The van der Waals surface area contributed by atoms with Gasteiger partial charge in [0.05, 0.1) is 19.0 Å². The zero-order chi connectivity index (χ0) is 14.7. The molecule has 2 aromatic rings. The Bertz CT molecular complexity index is 664. The molecule has 7 heteroatoms. The fourth-order valence-corrected chi connectivity index (χ4v) is 1.97. The van der Waals surface area contributed by atoms with Gasteiger partial charge in [0.15, 0.2) is 0 Å². The molecule has 0 spiro atoms. The van der Waals surface area contributed by atoms with Crippen LogP contribution in [0.25, 0.3) is 0 Å². The molecule has 0 bridgehead atoms. The number of ether oxygens (including phenoxy) is 1. The summed E-state index contributed by atoms with van der Waals surface area (Å²) in [4.78, 5) is 14.9. The van der Waals surface area contributed by atoms with E-state index in [-0.39, 0.29) is 11.4 Å². The number of carboxylic acids is 1. The van der Waals surface area contributed by atoms with E-state index in [1.54, 1.807) is 18.2 Å². The molecule has 2 N–H and O–H groups in total. The quantitative estimate of drug-likeness (QED) is 0.892. The second-order valence-electron chi connectivity index (χ2n) is 3.82. The average molecular weight is 341 g/mol. The van der Waals surface area contributed by atoms with Gasteiger partial charge >= 0.3 is 5.97 Å². The molecule has 0 aliphatic rings. The van der Waals surface area contributed by atoms with Crippen LogP contribution in [0.3, 0.4) is 0 Å². The van der Waals surface area contributed by atoms with Crippen molar-refractivity contribution in [3.8, 4) is 5.75 Å². The normalized spacial score (nSPS) is 10.2. The highest BCUT2D eigenvalue weighted by atomic mass is 79.9. The van der Waals surface area contributed by atoms with Crippen LogP contribution < -0.4 is 10.1 Å². The number of anilines is 2. The number of hydrogen-bond donors (Lipinski definition) is 2. The Morgan fingerprint density at radius 1 is 1.45 bits per heavy atom. The summed E-state index contributed by atoms with van der Waals surface area (Å²) in [6.07, 6.45) is 0.944. The number of pyridine rings is 1. The van der Waals surface area contributed by atoms with Crippen LogP contribution in [0.1, 0.15) is 10.4 Å². The molecule has 2 rings (SSSR count). The van der Waals surface area contributed by atoms with Gasteiger partial charge in [-0.1, -0.05) is 15.9 Å². The molecule has 104 valence electrons. The number of aromatic carboxylic acids is 1. The largest absolute Gasteiger partial charge is 0.495 e. The summed E-state index contributed by atoms with van der Waals surface area (Å²) in [5.74, 6) is -1.44. The SMILES string of the molecule is COc1ccc(Br)cc1Nc1ncc(F)cc1C(=O)O. The van der Waals surface area contributed by atoms with Gasteiger partial charge in [-0.2, -0.15) is 0 Å². The number of halogens is 2. The van der Waals surface area contributed by atoms with Gasteiger partial charge in [0, 0.05) is 4.47 Å². The lowest BCUT2D eigenvalue weighted by Crippen LogP contribution is -2.06. The fraction of sp³-hybridized carbons (Fsp3) is 0.0769. The van der Waals surface area contributed by atoms with Gasteiger partial charge in [-0.05, 0) is 24.3 Å². The Kier molecular flexibility index (Phi) is 4.19. The zero-order valence-electron chi connectivity index (χ0n) is 10.4. The fourth-order valence-electron chi connectivity index (χ4n) is 1.61. The predicted molar refractivity (Wildman–Crippen MR) is 75.1 cm³/mol. The lowest BCUT2D eigenvalue weighted by molar-refractivity contribution is 0.0697. The lowest BCUT2D eigenvalue weighted by Gasteiger charge is -2.12. The van der Waals surface area contributed by atoms with Gasteiger partial charge < -0.3 is 15.2 Å². The van der Waals surface area contributed by atoms with Crippen molar-refractivity contribution >= 4 is 33.4 Å². The summed E-state index contributed by atoms with van der Waals surface area (Å²) in [6, 6.07) is 6.09. The Labute approximate surface area is 122 Å². The van der Waals surface area contributed by atoms with Gasteiger partial charge in [-0.25, -0.2) is 14.2 Å². The number of aromatic nitrogens is 1. The molecule has 0 unspecified atom stereocenters. The molecule has 0 radical (unpaired) electrons. The monoisotopic (exact) mass is 340 g/mol. The van der Waals surface area contributed by atoms with Crippen molar-refractivity contribution in [1.82, 2.24) is 4.98 Å². The van der Waals surface area contributed by atoms with Crippen LogP contribution in [0.15, 0.2) is 34.9 Å². The molecule has 1 heterocycles. The first kappa shape index (κ1) is 14.3. The molecule has 0 fully saturated rings. The molecule has 0 atom stereocenters. The van der Waals surface area contributed by atoms with E-state index in [4.69, 9.17) is 9.84 Å². The molecule has 20 heavy (non-hydrogen) atoms. The number of carboxylic acid groups (broad SMARTS) is 1. The highest BCUT2D eigenvalue weighted by Gasteiger charge is 2.14. The van der Waals surface area contributed by atoms with E-state index in [9.17, 15) is 9.18 Å². The van der Waals surface area contributed by atoms with Gasteiger partial charge in [-0.15, -0.1) is 0 Å². The third-order valence-corrected chi connectivity index (χ3v) is 2.99. The maximum atomic E-state index is 13.1. The average Bonchev–Trinajstić information content (AvgIpc) is 2.41. The first-order valence-electron chi connectivity index (χ1n) is 5.50. The minimum Gasteiger partial charge on any atom is -0.495 e. The van der Waals surface area contributed by atoms with E-state index in [0.29, 0.717) is 11.4 Å².